The predicted octanol–water partition coefficient (Wildman–Crippen LogP) is 6.24. The third-order valence-corrected chi connectivity index (χ3v) is 8.25. The summed E-state index contributed by atoms with van der Waals surface area (Å²) in [4.78, 5) is 32.3. The average molecular weight is 590 g/mol. The molecule has 3 aromatic carbocycles. The smallest absolute Gasteiger partial charge is 0.232 e. The molecule has 13 heteroatoms. The largest absolute Gasteiger partial charge is 0.368 e. The molecule has 3 heterocycles. The van der Waals surface area contributed by atoms with E-state index in [4.69, 9.17) is 11.5 Å². The summed E-state index contributed by atoms with van der Waals surface area (Å²) in [6, 6.07) is 29.1. The lowest BCUT2D eigenvalue weighted by Gasteiger charge is -2.13. The van der Waals surface area contributed by atoms with Crippen LogP contribution in [-0.2, 0) is 0 Å². The lowest BCUT2D eigenvalue weighted by Crippen LogP contribution is -2.05. The van der Waals surface area contributed by atoms with Gasteiger partial charge in [-0.25, -0.2) is 0 Å². The van der Waals surface area contributed by atoms with Crippen LogP contribution >= 0.6 is 21.6 Å². The van der Waals surface area contributed by atoms with Crippen molar-refractivity contribution in [2.24, 2.45) is 0 Å². The number of hydrogen-bond donors (Lipinski definition) is 4. The summed E-state index contributed by atoms with van der Waals surface area (Å²) in [7, 11) is 3.16. The van der Waals surface area contributed by atoms with Crippen LogP contribution in [0.1, 0.15) is 0 Å². The van der Waals surface area contributed by atoms with E-state index >= 15 is 0 Å². The van der Waals surface area contributed by atoms with Crippen molar-refractivity contribution < 1.29 is 0 Å². The van der Waals surface area contributed by atoms with Gasteiger partial charge in [0.25, 0.3) is 0 Å². The minimum atomic E-state index is 0.119. The molecule has 0 fully saturated rings. The Labute approximate surface area is 249 Å². The van der Waals surface area contributed by atoms with Crippen LogP contribution in [-0.4, -0.2) is 34.9 Å². The Morgan fingerprint density at radius 1 is 0.476 bits per heavy atom. The fraction of sp³-hybridized carbons (Fsp3) is 0. The standard InChI is InChI=1S/C29H23N11S2/c30-26-35-24(18-8-2-1-3-9-18)37-28(39-26)33-20-10-4-6-12-22(20)41-42-23-13-7-5-11-21(23)34-29-38-25(36-27(31)40-29)19-14-16-32-17-15-19/h1-17H,(H3,30,33,35,37,39)(H3,31,34,36,38,40). The van der Waals surface area contributed by atoms with E-state index in [-0.39, 0.29) is 11.9 Å². The first-order valence-electron chi connectivity index (χ1n) is 12.7. The number of nitrogens with two attached hydrogens (primary N) is 2. The van der Waals surface area contributed by atoms with Crippen LogP contribution < -0.4 is 22.1 Å². The first-order valence-corrected chi connectivity index (χ1v) is 14.8. The van der Waals surface area contributed by atoms with Gasteiger partial charge in [0, 0.05) is 33.3 Å². The molecule has 6 rings (SSSR count). The number of nitrogens with zero attached hydrogens (tertiary/aromatic N) is 7. The molecule has 11 nitrogen and oxygen atoms in total. The van der Waals surface area contributed by atoms with Crippen molar-refractivity contribution in [2.45, 2.75) is 9.79 Å². The van der Waals surface area contributed by atoms with Gasteiger partial charge in [-0.15, -0.1) is 0 Å². The summed E-state index contributed by atoms with van der Waals surface area (Å²) in [6.07, 6.45) is 3.35. The van der Waals surface area contributed by atoms with E-state index in [1.165, 1.54) is 0 Å². The van der Waals surface area contributed by atoms with Gasteiger partial charge in [-0.2, -0.15) is 29.9 Å². The minimum absolute atomic E-state index is 0.119. The first kappa shape index (κ1) is 26.9. The topological polar surface area (TPSA) is 166 Å². The van der Waals surface area contributed by atoms with E-state index in [2.05, 4.69) is 45.5 Å². The molecule has 0 radical (unpaired) electrons. The van der Waals surface area contributed by atoms with E-state index < -0.39 is 0 Å². The SMILES string of the molecule is Nc1nc(Nc2ccccc2SSc2ccccc2Nc2nc(N)nc(-c3ccncc3)n2)nc(-c2ccccc2)n1. The highest BCUT2D eigenvalue weighted by Gasteiger charge is 2.13. The fourth-order valence-electron chi connectivity index (χ4n) is 3.86. The maximum Gasteiger partial charge on any atom is 0.232 e. The third kappa shape index (κ3) is 6.54. The molecule has 0 saturated carbocycles. The molecule has 0 aliphatic heterocycles. The number of pyridine rings is 1. The molecule has 0 aliphatic carbocycles. The number of nitrogen functional groups attached to an aromatic ring is 2. The molecule has 6 aromatic rings. The summed E-state index contributed by atoms with van der Waals surface area (Å²) in [5, 5.41) is 6.60. The minimum Gasteiger partial charge on any atom is -0.368 e. The summed E-state index contributed by atoms with van der Waals surface area (Å²) in [5.74, 6) is 1.91. The highest BCUT2D eigenvalue weighted by Crippen LogP contribution is 2.44. The predicted molar refractivity (Wildman–Crippen MR) is 168 cm³/mol. The molecule has 6 N–H and O–H groups in total. The van der Waals surface area contributed by atoms with Crippen LogP contribution in [0.5, 0.6) is 0 Å². The number of benzene rings is 3. The Morgan fingerprint density at radius 2 is 0.929 bits per heavy atom. The van der Waals surface area contributed by atoms with Crippen molar-refractivity contribution in [3.05, 3.63) is 103 Å². The Balaban J connectivity index is 1.21. The zero-order chi connectivity index (χ0) is 28.7. The van der Waals surface area contributed by atoms with Crippen LogP contribution in [0.25, 0.3) is 22.8 Å². The molecule has 0 amide bonds. The number of anilines is 6. The van der Waals surface area contributed by atoms with Gasteiger partial charge in [-0.3, -0.25) is 4.98 Å². The molecular formula is C29H23N11S2. The van der Waals surface area contributed by atoms with Crippen LogP contribution in [0.3, 0.4) is 0 Å². The Bertz CT molecular complexity index is 1690. The van der Waals surface area contributed by atoms with Crippen molar-refractivity contribution >= 4 is 56.8 Å². The lowest BCUT2D eigenvalue weighted by molar-refractivity contribution is 1.07. The van der Waals surface area contributed by atoms with Crippen molar-refractivity contribution in [2.75, 3.05) is 22.1 Å². The Kier molecular flexibility index (Phi) is 8.01. The van der Waals surface area contributed by atoms with E-state index in [9.17, 15) is 0 Å². The molecule has 0 spiro atoms. The number of aromatic nitrogens is 7. The van der Waals surface area contributed by atoms with Crippen LogP contribution in [0.15, 0.2) is 113 Å². The van der Waals surface area contributed by atoms with Gasteiger partial charge >= 0.3 is 0 Å². The van der Waals surface area contributed by atoms with E-state index in [0.29, 0.717) is 23.5 Å². The van der Waals surface area contributed by atoms with Crippen LogP contribution in [0.2, 0.25) is 0 Å². The van der Waals surface area contributed by atoms with Crippen LogP contribution in [0.4, 0.5) is 35.2 Å². The number of para-hydroxylation sites is 2. The van der Waals surface area contributed by atoms with Gasteiger partial charge in [0.15, 0.2) is 11.6 Å². The lowest BCUT2D eigenvalue weighted by atomic mass is 10.2. The molecular weight excluding hydrogens is 567 g/mol. The highest BCUT2D eigenvalue weighted by molar-refractivity contribution is 8.76. The number of nitrogens with one attached hydrogen (secondary N) is 2. The van der Waals surface area contributed by atoms with Gasteiger partial charge < -0.3 is 22.1 Å². The molecule has 0 unspecified atom stereocenters. The van der Waals surface area contributed by atoms with Crippen molar-refractivity contribution in [3.63, 3.8) is 0 Å². The average Bonchev–Trinajstić information content (AvgIpc) is 3.02. The summed E-state index contributed by atoms with van der Waals surface area (Å²) in [6.45, 7) is 0. The Morgan fingerprint density at radius 3 is 1.45 bits per heavy atom. The molecule has 206 valence electrons. The normalized spacial score (nSPS) is 10.8. The molecule has 0 saturated heterocycles. The van der Waals surface area contributed by atoms with Crippen molar-refractivity contribution in [3.8, 4) is 22.8 Å². The molecule has 0 atom stereocenters. The van der Waals surface area contributed by atoms with Gasteiger partial charge in [0.2, 0.25) is 23.8 Å². The van der Waals surface area contributed by atoms with E-state index in [0.717, 1.165) is 32.3 Å². The molecule has 3 aromatic heterocycles. The Hall–Kier alpha value is -5.27. The fourth-order valence-corrected chi connectivity index (χ4v) is 6.13. The summed E-state index contributed by atoms with van der Waals surface area (Å²) in [5.41, 5.74) is 15.3. The second-order valence-electron chi connectivity index (χ2n) is 8.69. The third-order valence-electron chi connectivity index (χ3n) is 5.76. The molecule has 0 aliphatic rings. The number of hydrogen-bond acceptors (Lipinski definition) is 13. The van der Waals surface area contributed by atoms with Crippen molar-refractivity contribution in [1.29, 1.82) is 0 Å². The maximum absolute atomic E-state index is 6.01. The quantitative estimate of drug-likeness (QED) is 0.140. The zero-order valence-electron chi connectivity index (χ0n) is 21.9. The van der Waals surface area contributed by atoms with Gasteiger partial charge in [0.1, 0.15) is 0 Å². The van der Waals surface area contributed by atoms with Gasteiger partial charge in [0.05, 0.1) is 11.4 Å². The zero-order valence-corrected chi connectivity index (χ0v) is 23.5. The molecule has 0 bridgehead atoms. The highest BCUT2D eigenvalue weighted by atomic mass is 33.1. The van der Waals surface area contributed by atoms with E-state index in [1.807, 2.05) is 91.0 Å². The maximum atomic E-state index is 6.01. The molecule has 42 heavy (non-hydrogen) atoms. The van der Waals surface area contributed by atoms with Crippen LogP contribution in [0, 0.1) is 0 Å². The monoisotopic (exact) mass is 589 g/mol. The number of rotatable bonds is 9. The first-order chi connectivity index (χ1) is 20.6. The van der Waals surface area contributed by atoms with Gasteiger partial charge in [-0.1, -0.05) is 76.2 Å². The second kappa shape index (κ2) is 12.5. The summed E-state index contributed by atoms with van der Waals surface area (Å²) >= 11 is 0. The second-order valence-corrected chi connectivity index (χ2v) is 10.9. The van der Waals surface area contributed by atoms with E-state index in [1.54, 1.807) is 34.0 Å². The summed E-state index contributed by atoms with van der Waals surface area (Å²) < 4.78 is 0. The van der Waals surface area contributed by atoms with Crippen molar-refractivity contribution in [1.82, 2.24) is 34.9 Å². The van der Waals surface area contributed by atoms with Gasteiger partial charge in [-0.05, 0) is 36.4 Å².